The molecule has 2 rings (SSSR count). The van der Waals surface area contributed by atoms with Crippen LogP contribution in [0.15, 0.2) is 12.1 Å². The number of hydrogen-bond donors (Lipinski definition) is 1. The summed E-state index contributed by atoms with van der Waals surface area (Å²) >= 11 is 0. The first kappa shape index (κ1) is 15.0. The lowest BCUT2D eigenvalue weighted by Crippen LogP contribution is -2.29. The average molecular weight is 285 g/mol. The normalized spacial score (nSPS) is 19.8. The van der Waals surface area contributed by atoms with Crippen LogP contribution in [-0.4, -0.2) is 27.3 Å². The third kappa shape index (κ3) is 3.03. The highest BCUT2D eigenvalue weighted by Gasteiger charge is 2.32. The summed E-state index contributed by atoms with van der Waals surface area (Å²) in [4.78, 5) is 0. The Kier molecular flexibility index (Phi) is 4.48. The van der Waals surface area contributed by atoms with E-state index in [0.717, 1.165) is 32.9 Å². The van der Waals surface area contributed by atoms with Crippen molar-refractivity contribution in [1.29, 1.82) is 0 Å². The van der Waals surface area contributed by atoms with E-state index >= 15 is 0 Å². The van der Waals surface area contributed by atoms with Gasteiger partial charge in [0.25, 0.3) is 5.92 Å². The van der Waals surface area contributed by atoms with E-state index in [9.17, 15) is 8.78 Å². The van der Waals surface area contributed by atoms with Crippen molar-refractivity contribution in [3.63, 3.8) is 0 Å². The fraction of sp³-hybridized carbons (Fsp3) is 0.600. The van der Waals surface area contributed by atoms with E-state index in [1.807, 2.05) is 0 Å². The molecule has 0 aromatic heterocycles. The minimum absolute atomic E-state index is 0.0313. The van der Waals surface area contributed by atoms with Crippen LogP contribution in [0, 0.1) is 0 Å². The molecule has 0 spiro atoms. The molecule has 0 amide bonds. The first-order chi connectivity index (χ1) is 9.47. The Bertz CT molecular complexity index is 466. The third-order valence-corrected chi connectivity index (χ3v) is 3.77. The number of benzene rings is 1. The molecule has 112 valence electrons. The van der Waals surface area contributed by atoms with Gasteiger partial charge in [0.15, 0.2) is 11.5 Å². The van der Waals surface area contributed by atoms with E-state index in [-0.39, 0.29) is 11.5 Å². The van der Waals surface area contributed by atoms with Crippen LogP contribution in [0.25, 0.3) is 0 Å². The lowest BCUT2D eigenvalue weighted by molar-refractivity contribution is 0.0158. The van der Waals surface area contributed by atoms with Gasteiger partial charge < -0.3 is 14.8 Å². The van der Waals surface area contributed by atoms with Crippen LogP contribution >= 0.6 is 0 Å². The zero-order valence-corrected chi connectivity index (χ0v) is 12.1. The number of hydrogen-bond acceptors (Lipinski definition) is 3. The molecule has 1 fully saturated rings. The van der Waals surface area contributed by atoms with Crippen LogP contribution in [0.4, 0.5) is 8.78 Å². The van der Waals surface area contributed by atoms with Gasteiger partial charge in [-0.15, -0.1) is 0 Å². The molecular formula is C15H21F2NO2. The zero-order chi connectivity index (χ0) is 14.8. The number of alkyl halides is 2. The van der Waals surface area contributed by atoms with Crippen molar-refractivity contribution in [1.82, 2.24) is 5.32 Å². The largest absolute Gasteiger partial charge is 0.493 e. The highest BCUT2D eigenvalue weighted by Crippen LogP contribution is 2.42. The molecule has 1 aromatic carbocycles. The number of rotatable bonds is 4. The van der Waals surface area contributed by atoms with Crippen molar-refractivity contribution < 1.29 is 18.3 Å². The Labute approximate surface area is 118 Å². The van der Waals surface area contributed by atoms with Crippen molar-refractivity contribution in [3.8, 4) is 11.5 Å². The van der Waals surface area contributed by atoms with Crippen molar-refractivity contribution >= 4 is 0 Å². The molecule has 0 saturated carbocycles. The van der Waals surface area contributed by atoms with E-state index < -0.39 is 5.92 Å². The predicted octanol–water partition coefficient (Wildman–Crippen LogP) is 3.28. The number of nitrogens with one attached hydrogen (secondary N) is 1. The Morgan fingerprint density at radius 3 is 2.35 bits per heavy atom. The van der Waals surface area contributed by atoms with E-state index in [4.69, 9.17) is 9.47 Å². The molecule has 0 aliphatic carbocycles. The smallest absolute Gasteiger partial charge is 0.270 e. The molecule has 5 heteroatoms. The van der Waals surface area contributed by atoms with Crippen LogP contribution in [-0.2, 0) is 5.92 Å². The lowest BCUT2D eigenvalue weighted by atomic mass is 9.86. The molecule has 1 aromatic rings. The second-order valence-corrected chi connectivity index (χ2v) is 5.23. The van der Waals surface area contributed by atoms with Crippen molar-refractivity contribution in [2.24, 2.45) is 0 Å². The van der Waals surface area contributed by atoms with Crippen LogP contribution < -0.4 is 14.8 Å². The quantitative estimate of drug-likeness (QED) is 0.921. The average Bonchev–Trinajstić information content (AvgIpc) is 2.45. The zero-order valence-electron chi connectivity index (χ0n) is 12.1. The van der Waals surface area contributed by atoms with Gasteiger partial charge in [0.05, 0.1) is 14.2 Å². The van der Waals surface area contributed by atoms with Crippen LogP contribution in [0.5, 0.6) is 11.5 Å². The molecule has 1 N–H and O–H groups in total. The molecule has 0 radical (unpaired) electrons. The highest BCUT2D eigenvalue weighted by atomic mass is 19.3. The predicted molar refractivity (Wildman–Crippen MR) is 74.0 cm³/mol. The molecule has 0 bridgehead atoms. The highest BCUT2D eigenvalue weighted by molar-refractivity contribution is 5.50. The minimum Gasteiger partial charge on any atom is -0.493 e. The molecule has 1 heterocycles. The van der Waals surface area contributed by atoms with Gasteiger partial charge in [0, 0.05) is 19.0 Å². The summed E-state index contributed by atoms with van der Waals surface area (Å²) in [7, 11) is 2.97. The second kappa shape index (κ2) is 5.95. The Morgan fingerprint density at radius 1 is 1.20 bits per heavy atom. The lowest BCUT2D eigenvalue weighted by Gasteiger charge is -2.28. The second-order valence-electron chi connectivity index (χ2n) is 5.23. The first-order valence-electron chi connectivity index (χ1n) is 6.82. The van der Waals surface area contributed by atoms with Gasteiger partial charge >= 0.3 is 0 Å². The number of methoxy groups -OCH3 is 2. The van der Waals surface area contributed by atoms with E-state index in [0.29, 0.717) is 17.1 Å². The fourth-order valence-electron chi connectivity index (χ4n) is 2.73. The fourth-order valence-corrected chi connectivity index (χ4v) is 2.73. The Morgan fingerprint density at radius 2 is 1.85 bits per heavy atom. The van der Waals surface area contributed by atoms with Gasteiger partial charge in [-0.1, -0.05) is 0 Å². The number of piperidine rings is 1. The Balaban J connectivity index is 2.51. The summed E-state index contributed by atoms with van der Waals surface area (Å²) in [5.74, 6) is -1.96. The SMILES string of the molecule is COc1cc(C2CCCNC2)c(C(C)(F)F)cc1OC. The minimum atomic E-state index is -2.90. The first-order valence-corrected chi connectivity index (χ1v) is 6.82. The molecule has 20 heavy (non-hydrogen) atoms. The molecular weight excluding hydrogens is 264 g/mol. The van der Waals surface area contributed by atoms with E-state index in [2.05, 4.69) is 5.32 Å². The van der Waals surface area contributed by atoms with Crippen LogP contribution in [0.2, 0.25) is 0 Å². The molecule has 3 nitrogen and oxygen atoms in total. The molecule has 1 saturated heterocycles. The summed E-state index contributed by atoms with van der Waals surface area (Å²) in [5, 5.41) is 3.26. The van der Waals surface area contributed by atoms with Crippen molar-refractivity contribution in [2.75, 3.05) is 27.3 Å². The summed E-state index contributed by atoms with van der Waals surface area (Å²) in [6.07, 6.45) is 1.90. The van der Waals surface area contributed by atoms with Gasteiger partial charge in [-0.25, -0.2) is 8.78 Å². The van der Waals surface area contributed by atoms with Crippen LogP contribution in [0.1, 0.15) is 36.8 Å². The van der Waals surface area contributed by atoms with Gasteiger partial charge in [0.1, 0.15) is 0 Å². The van der Waals surface area contributed by atoms with E-state index in [1.165, 1.54) is 20.3 Å². The molecule has 1 unspecified atom stereocenters. The number of ether oxygens (including phenoxy) is 2. The maximum absolute atomic E-state index is 13.9. The number of halogens is 2. The van der Waals surface area contributed by atoms with Crippen molar-refractivity contribution in [3.05, 3.63) is 23.3 Å². The molecule has 1 aliphatic rings. The third-order valence-electron chi connectivity index (χ3n) is 3.77. The standard InChI is InChI=1S/C15H21F2NO2/c1-15(16,17)12-8-14(20-3)13(19-2)7-11(12)10-5-4-6-18-9-10/h7-8,10,18H,4-6,9H2,1-3H3. The summed E-state index contributed by atoms with van der Waals surface area (Å²) in [5.41, 5.74) is 0.686. The maximum atomic E-state index is 13.9. The Hall–Kier alpha value is -1.36. The van der Waals surface area contributed by atoms with Gasteiger partial charge in [-0.3, -0.25) is 0 Å². The molecule has 1 atom stereocenters. The summed E-state index contributed by atoms with van der Waals surface area (Å²) in [6.45, 7) is 2.59. The van der Waals surface area contributed by atoms with Crippen LogP contribution in [0.3, 0.4) is 0 Å². The summed E-state index contributed by atoms with van der Waals surface area (Å²) in [6, 6.07) is 3.10. The van der Waals surface area contributed by atoms with Gasteiger partial charge in [-0.05, 0) is 43.0 Å². The van der Waals surface area contributed by atoms with Gasteiger partial charge in [0.2, 0.25) is 0 Å². The molecule has 1 aliphatic heterocycles. The van der Waals surface area contributed by atoms with E-state index in [1.54, 1.807) is 6.07 Å². The summed E-state index contributed by atoms with van der Waals surface area (Å²) < 4.78 is 38.2. The topological polar surface area (TPSA) is 30.5 Å². The monoisotopic (exact) mass is 285 g/mol. The van der Waals surface area contributed by atoms with Crippen molar-refractivity contribution in [2.45, 2.75) is 31.6 Å². The maximum Gasteiger partial charge on any atom is 0.270 e. The van der Waals surface area contributed by atoms with Gasteiger partial charge in [-0.2, -0.15) is 0 Å².